The minimum atomic E-state index is -4.78. The lowest BCUT2D eigenvalue weighted by Crippen LogP contribution is -2.24. The monoisotopic (exact) mass is 362 g/mol. The van der Waals surface area contributed by atoms with Crippen molar-refractivity contribution in [3.63, 3.8) is 0 Å². The van der Waals surface area contributed by atoms with Crippen LogP contribution in [0.5, 0.6) is 0 Å². The second-order valence-corrected chi connectivity index (χ2v) is 6.89. The van der Waals surface area contributed by atoms with Gasteiger partial charge in [0.2, 0.25) is 0 Å². The SMILES string of the molecule is CCOP(=O)(OCC)c1ncn(-c2ccc(C)cc2)c1C(F)(F)F. The minimum absolute atomic E-state index is 0.0635. The summed E-state index contributed by atoms with van der Waals surface area (Å²) in [5, 5.41) is 0. The molecule has 132 valence electrons. The molecular formula is C15H18F3N2O3P. The maximum Gasteiger partial charge on any atom is 0.434 e. The number of nitrogens with zero attached hydrogens (tertiary/aromatic N) is 2. The summed E-state index contributed by atoms with van der Waals surface area (Å²) in [5.74, 6) is 0. The average Bonchev–Trinajstić information content (AvgIpc) is 2.94. The lowest BCUT2D eigenvalue weighted by molar-refractivity contribution is -0.141. The number of hydrogen-bond acceptors (Lipinski definition) is 4. The summed E-state index contributed by atoms with van der Waals surface area (Å²) in [5.41, 5.74) is -0.718. The Hall–Kier alpha value is -1.63. The van der Waals surface area contributed by atoms with Gasteiger partial charge in [0.25, 0.3) is 0 Å². The molecular weight excluding hydrogens is 344 g/mol. The number of hydrogen-bond donors (Lipinski definition) is 0. The zero-order valence-corrected chi connectivity index (χ0v) is 14.4. The Morgan fingerprint density at radius 2 is 1.67 bits per heavy atom. The molecule has 1 aromatic heterocycles. The molecule has 0 spiro atoms. The van der Waals surface area contributed by atoms with Gasteiger partial charge in [-0.05, 0) is 32.9 Å². The van der Waals surface area contributed by atoms with E-state index in [2.05, 4.69) is 4.98 Å². The molecule has 0 radical (unpaired) electrons. The molecule has 0 bridgehead atoms. The third kappa shape index (κ3) is 3.71. The van der Waals surface area contributed by atoms with Crippen LogP contribution in [0.15, 0.2) is 30.6 Å². The number of benzene rings is 1. The number of aryl methyl sites for hydroxylation is 1. The van der Waals surface area contributed by atoms with Crippen molar-refractivity contribution in [2.75, 3.05) is 13.2 Å². The fourth-order valence-corrected chi connectivity index (χ4v) is 3.89. The van der Waals surface area contributed by atoms with Crippen molar-refractivity contribution in [3.05, 3.63) is 41.9 Å². The third-order valence-corrected chi connectivity index (χ3v) is 5.23. The highest BCUT2D eigenvalue weighted by molar-refractivity contribution is 7.62. The summed E-state index contributed by atoms with van der Waals surface area (Å²) in [6, 6.07) is 6.42. The molecule has 0 aliphatic heterocycles. The molecule has 24 heavy (non-hydrogen) atoms. The van der Waals surface area contributed by atoms with Crippen LogP contribution in [0.3, 0.4) is 0 Å². The van der Waals surface area contributed by atoms with Gasteiger partial charge in [-0.2, -0.15) is 13.2 Å². The van der Waals surface area contributed by atoms with Gasteiger partial charge in [0.05, 0.1) is 13.2 Å². The van der Waals surface area contributed by atoms with Crippen molar-refractivity contribution in [1.29, 1.82) is 0 Å². The first-order chi connectivity index (χ1) is 11.2. The van der Waals surface area contributed by atoms with Crippen molar-refractivity contribution in [2.24, 2.45) is 0 Å². The molecule has 2 aromatic rings. The molecule has 0 aliphatic carbocycles. The van der Waals surface area contributed by atoms with Crippen LogP contribution in [0.4, 0.5) is 13.2 Å². The summed E-state index contributed by atoms with van der Waals surface area (Å²) in [6.45, 7) is 4.75. The van der Waals surface area contributed by atoms with Gasteiger partial charge in [0, 0.05) is 5.69 Å². The number of rotatable bonds is 6. The van der Waals surface area contributed by atoms with E-state index in [9.17, 15) is 17.7 Å². The molecule has 5 nitrogen and oxygen atoms in total. The van der Waals surface area contributed by atoms with Crippen LogP contribution in [0.25, 0.3) is 5.69 Å². The van der Waals surface area contributed by atoms with E-state index in [1.54, 1.807) is 12.1 Å². The second-order valence-electron chi connectivity index (χ2n) is 4.95. The van der Waals surface area contributed by atoms with E-state index in [-0.39, 0.29) is 18.9 Å². The van der Waals surface area contributed by atoms with Crippen LogP contribution in [-0.4, -0.2) is 22.8 Å². The fraction of sp³-hybridized carbons (Fsp3) is 0.400. The zero-order valence-electron chi connectivity index (χ0n) is 13.5. The molecule has 0 aliphatic rings. The highest BCUT2D eigenvalue weighted by Crippen LogP contribution is 2.49. The predicted molar refractivity (Wildman–Crippen MR) is 83.8 cm³/mol. The Morgan fingerprint density at radius 1 is 1.12 bits per heavy atom. The van der Waals surface area contributed by atoms with Gasteiger partial charge in [-0.1, -0.05) is 17.7 Å². The summed E-state index contributed by atoms with van der Waals surface area (Å²) in [6.07, 6.45) is -3.80. The normalized spacial score (nSPS) is 12.6. The largest absolute Gasteiger partial charge is 0.434 e. The Balaban J connectivity index is 2.66. The van der Waals surface area contributed by atoms with Crippen LogP contribution in [-0.2, 0) is 19.8 Å². The Morgan fingerprint density at radius 3 is 2.12 bits per heavy atom. The van der Waals surface area contributed by atoms with Gasteiger partial charge in [-0.15, -0.1) is 0 Å². The van der Waals surface area contributed by atoms with Crippen LogP contribution in [0, 0.1) is 6.92 Å². The van der Waals surface area contributed by atoms with E-state index >= 15 is 0 Å². The van der Waals surface area contributed by atoms with Gasteiger partial charge in [0.15, 0.2) is 11.1 Å². The van der Waals surface area contributed by atoms with E-state index in [1.165, 1.54) is 26.0 Å². The van der Waals surface area contributed by atoms with Gasteiger partial charge in [-0.3, -0.25) is 9.13 Å². The van der Waals surface area contributed by atoms with Crippen molar-refractivity contribution >= 4 is 13.0 Å². The van der Waals surface area contributed by atoms with E-state index < -0.39 is 24.9 Å². The maximum atomic E-state index is 13.6. The zero-order chi connectivity index (χ0) is 18.0. The molecule has 0 atom stereocenters. The summed E-state index contributed by atoms with van der Waals surface area (Å²) >= 11 is 0. The first-order valence-electron chi connectivity index (χ1n) is 7.34. The van der Waals surface area contributed by atoms with Gasteiger partial charge in [0.1, 0.15) is 6.33 Å². The number of aromatic nitrogens is 2. The Bertz CT molecular complexity index is 731. The lowest BCUT2D eigenvalue weighted by Gasteiger charge is -2.18. The Labute approximate surface area is 138 Å². The van der Waals surface area contributed by atoms with Gasteiger partial charge in [-0.25, -0.2) is 4.98 Å². The molecule has 0 fully saturated rings. The van der Waals surface area contributed by atoms with Crippen molar-refractivity contribution in [1.82, 2.24) is 9.55 Å². The molecule has 2 rings (SSSR count). The van der Waals surface area contributed by atoms with Crippen LogP contribution < -0.4 is 5.44 Å². The van der Waals surface area contributed by atoms with Crippen molar-refractivity contribution in [2.45, 2.75) is 26.9 Å². The summed E-state index contributed by atoms with van der Waals surface area (Å²) in [7, 11) is -4.17. The van der Waals surface area contributed by atoms with Crippen molar-refractivity contribution < 1.29 is 26.8 Å². The molecule has 1 heterocycles. The molecule has 0 saturated heterocycles. The summed E-state index contributed by atoms with van der Waals surface area (Å²) < 4.78 is 64.5. The van der Waals surface area contributed by atoms with Crippen molar-refractivity contribution in [3.8, 4) is 5.69 Å². The second kappa shape index (κ2) is 7.09. The van der Waals surface area contributed by atoms with Crippen LogP contribution >= 0.6 is 7.60 Å². The van der Waals surface area contributed by atoms with E-state index in [1.807, 2.05) is 6.92 Å². The molecule has 0 unspecified atom stereocenters. The molecule has 0 saturated carbocycles. The fourth-order valence-electron chi connectivity index (χ4n) is 2.20. The topological polar surface area (TPSA) is 53.4 Å². The van der Waals surface area contributed by atoms with E-state index in [0.717, 1.165) is 16.5 Å². The quantitative estimate of drug-likeness (QED) is 0.727. The number of alkyl halides is 3. The molecule has 9 heteroatoms. The van der Waals surface area contributed by atoms with E-state index in [4.69, 9.17) is 9.05 Å². The highest BCUT2D eigenvalue weighted by Gasteiger charge is 2.46. The third-order valence-electron chi connectivity index (χ3n) is 3.19. The standard InChI is InChI=1S/C15H18F3N2O3P/c1-4-22-24(21,23-5-2)14-13(15(16,17)18)20(10-19-14)12-8-6-11(3)7-9-12/h6-10H,4-5H2,1-3H3. The molecule has 1 aromatic carbocycles. The highest BCUT2D eigenvalue weighted by atomic mass is 31.2. The van der Waals surface area contributed by atoms with Gasteiger partial charge >= 0.3 is 13.8 Å². The molecule has 0 amide bonds. The van der Waals surface area contributed by atoms with Gasteiger partial charge < -0.3 is 9.05 Å². The number of imidazole rings is 1. The summed E-state index contributed by atoms with van der Waals surface area (Å²) in [4.78, 5) is 3.72. The smallest absolute Gasteiger partial charge is 0.304 e. The first kappa shape index (κ1) is 18.7. The first-order valence-corrected chi connectivity index (χ1v) is 8.88. The Kier molecular flexibility index (Phi) is 5.52. The maximum absolute atomic E-state index is 13.6. The van der Waals surface area contributed by atoms with E-state index in [0.29, 0.717) is 0 Å². The lowest BCUT2D eigenvalue weighted by atomic mass is 10.2. The van der Waals surface area contributed by atoms with Crippen LogP contribution in [0.1, 0.15) is 25.1 Å². The number of halogens is 3. The molecule has 0 N–H and O–H groups in total. The predicted octanol–water partition coefficient (Wildman–Crippen LogP) is 4.09. The average molecular weight is 362 g/mol. The minimum Gasteiger partial charge on any atom is -0.304 e. The van der Waals surface area contributed by atoms with Crippen LogP contribution in [0.2, 0.25) is 0 Å².